The number of morpholine rings is 1. The van der Waals surface area contributed by atoms with E-state index in [2.05, 4.69) is 29.0 Å². The van der Waals surface area contributed by atoms with Gasteiger partial charge >= 0.3 is 0 Å². The molecule has 0 radical (unpaired) electrons. The van der Waals surface area contributed by atoms with Crippen LogP contribution < -0.4 is 5.32 Å². The molecule has 3 unspecified atom stereocenters. The zero-order valence-corrected chi connectivity index (χ0v) is 20.6. The Balaban J connectivity index is 1.29. The van der Waals surface area contributed by atoms with Crippen LogP contribution in [0.3, 0.4) is 0 Å². The number of benzene rings is 2. The molecule has 0 aliphatic carbocycles. The molecule has 35 heavy (non-hydrogen) atoms. The normalized spacial score (nSPS) is 23.4. The fourth-order valence-electron chi connectivity index (χ4n) is 5.39. The molecule has 7 heteroatoms. The zero-order chi connectivity index (χ0) is 24.2. The van der Waals surface area contributed by atoms with Crippen molar-refractivity contribution in [2.45, 2.75) is 44.9 Å². The van der Waals surface area contributed by atoms with E-state index in [-0.39, 0.29) is 18.1 Å². The molecule has 3 atom stereocenters. The van der Waals surface area contributed by atoms with Gasteiger partial charge in [-0.1, -0.05) is 48.5 Å². The van der Waals surface area contributed by atoms with Crippen molar-refractivity contribution in [2.24, 2.45) is 0 Å². The molecule has 3 heterocycles. The number of aromatic nitrogens is 2. The van der Waals surface area contributed by atoms with E-state index < -0.39 is 0 Å². The van der Waals surface area contributed by atoms with Crippen LogP contribution in [0.4, 0.5) is 5.82 Å². The summed E-state index contributed by atoms with van der Waals surface area (Å²) >= 11 is 0. The van der Waals surface area contributed by atoms with Gasteiger partial charge in [0.1, 0.15) is 5.82 Å². The van der Waals surface area contributed by atoms with Gasteiger partial charge in [0, 0.05) is 37.3 Å². The number of para-hydroxylation sites is 1. The summed E-state index contributed by atoms with van der Waals surface area (Å²) in [5.41, 5.74) is 2.77. The van der Waals surface area contributed by atoms with Crippen LogP contribution in [0.1, 0.15) is 26.7 Å². The number of nitrogens with one attached hydrogen (secondary N) is 1. The van der Waals surface area contributed by atoms with Gasteiger partial charge in [-0.25, -0.2) is 4.68 Å². The van der Waals surface area contributed by atoms with Gasteiger partial charge < -0.3 is 10.1 Å². The summed E-state index contributed by atoms with van der Waals surface area (Å²) in [4.78, 5) is 18.0. The summed E-state index contributed by atoms with van der Waals surface area (Å²) in [6, 6.07) is 22.3. The standard InChI is InChI=1S/C28H35N5O2/c1-21-17-31(18-22(2)35-21)19-25-14-9-15-32(25)20-28(34)29-27-16-26(23-10-5-3-6-11-23)30-33(27)24-12-7-4-8-13-24/h3-8,10-13,16,21-22,25H,9,14-15,17-20H2,1-2H3,(H,29,34). The number of carbonyl (C=O) groups is 1. The average Bonchev–Trinajstić information content (AvgIpc) is 3.46. The lowest BCUT2D eigenvalue weighted by Gasteiger charge is -2.38. The predicted molar refractivity (Wildman–Crippen MR) is 139 cm³/mol. The number of anilines is 1. The van der Waals surface area contributed by atoms with Gasteiger partial charge in [0.2, 0.25) is 5.91 Å². The van der Waals surface area contributed by atoms with E-state index in [0.29, 0.717) is 18.4 Å². The zero-order valence-electron chi connectivity index (χ0n) is 20.6. The Hall–Kier alpha value is -3.00. The number of amides is 1. The Bertz CT molecular complexity index is 1110. The maximum absolute atomic E-state index is 13.2. The van der Waals surface area contributed by atoms with Crippen molar-refractivity contribution in [3.8, 4) is 16.9 Å². The fourth-order valence-corrected chi connectivity index (χ4v) is 5.39. The summed E-state index contributed by atoms with van der Waals surface area (Å²) < 4.78 is 7.71. The van der Waals surface area contributed by atoms with Crippen molar-refractivity contribution in [1.29, 1.82) is 0 Å². The van der Waals surface area contributed by atoms with E-state index >= 15 is 0 Å². The lowest BCUT2D eigenvalue weighted by atomic mass is 10.1. The first-order valence-electron chi connectivity index (χ1n) is 12.7. The van der Waals surface area contributed by atoms with Gasteiger partial charge in [-0.05, 0) is 45.4 Å². The van der Waals surface area contributed by atoms with Crippen LogP contribution in [0.25, 0.3) is 16.9 Å². The second kappa shape index (κ2) is 10.7. The molecule has 2 fully saturated rings. The van der Waals surface area contributed by atoms with E-state index in [1.165, 1.54) is 0 Å². The van der Waals surface area contributed by atoms with Crippen LogP contribution in [-0.2, 0) is 9.53 Å². The van der Waals surface area contributed by atoms with E-state index in [1.54, 1.807) is 0 Å². The minimum Gasteiger partial charge on any atom is -0.373 e. The molecule has 2 saturated heterocycles. The summed E-state index contributed by atoms with van der Waals surface area (Å²) in [6.45, 7) is 8.54. The largest absolute Gasteiger partial charge is 0.373 e. The number of nitrogens with zero attached hydrogens (tertiary/aromatic N) is 4. The molecule has 1 amide bonds. The molecule has 0 bridgehead atoms. The van der Waals surface area contributed by atoms with Gasteiger partial charge in [0.05, 0.1) is 30.1 Å². The van der Waals surface area contributed by atoms with Crippen LogP contribution in [0.2, 0.25) is 0 Å². The first kappa shape index (κ1) is 23.7. The Kier molecular flexibility index (Phi) is 7.27. The average molecular weight is 474 g/mol. The molecule has 5 rings (SSSR count). The lowest BCUT2D eigenvalue weighted by molar-refractivity contribution is -0.118. The van der Waals surface area contributed by atoms with Crippen molar-refractivity contribution < 1.29 is 9.53 Å². The van der Waals surface area contributed by atoms with Crippen LogP contribution in [0.15, 0.2) is 66.7 Å². The summed E-state index contributed by atoms with van der Waals surface area (Å²) in [6.07, 6.45) is 2.78. The summed E-state index contributed by atoms with van der Waals surface area (Å²) in [5, 5.41) is 7.96. The van der Waals surface area contributed by atoms with Crippen molar-refractivity contribution in [3.05, 3.63) is 66.7 Å². The number of rotatable bonds is 7. The molecular formula is C28H35N5O2. The van der Waals surface area contributed by atoms with Gasteiger partial charge in [0.15, 0.2) is 0 Å². The molecule has 2 aromatic carbocycles. The van der Waals surface area contributed by atoms with Crippen molar-refractivity contribution >= 4 is 11.7 Å². The number of ether oxygens (including phenoxy) is 1. The Labute approximate surface area is 207 Å². The minimum absolute atomic E-state index is 0.00249. The molecule has 2 aliphatic rings. The van der Waals surface area contributed by atoms with E-state index in [9.17, 15) is 4.79 Å². The number of hydrogen-bond donors (Lipinski definition) is 1. The Morgan fingerprint density at radius 3 is 2.43 bits per heavy atom. The van der Waals surface area contributed by atoms with Gasteiger partial charge in [-0.15, -0.1) is 0 Å². The Morgan fingerprint density at radius 2 is 1.71 bits per heavy atom. The highest BCUT2D eigenvalue weighted by atomic mass is 16.5. The highest BCUT2D eigenvalue weighted by Crippen LogP contribution is 2.25. The lowest BCUT2D eigenvalue weighted by Crippen LogP contribution is -2.50. The monoisotopic (exact) mass is 473 g/mol. The molecule has 3 aromatic rings. The third kappa shape index (κ3) is 5.81. The van der Waals surface area contributed by atoms with Crippen molar-refractivity contribution in [1.82, 2.24) is 19.6 Å². The molecule has 184 valence electrons. The summed E-state index contributed by atoms with van der Waals surface area (Å²) in [5.74, 6) is 0.684. The molecule has 1 N–H and O–H groups in total. The molecule has 1 aromatic heterocycles. The van der Waals surface area contributed by atoms with E-state index in [0.717, 1.165) is 56.0 Å². The Morgan fingerprint density at radius 1 is 1.03 bits per heavy atom. The van der Waals surface area contributed by atoms with Crippen LogP contribution in [0, 0.1) is 0 Å². The maximum atomic E-state index is 13.2. The van der Waals surface area contributed by atoms with Crippen LogP contribution in [0.5, 0.6) is 0 Å². The van der Waals surface area contributed by atoms with Crippen LogP contribution in [-0.4, -0.2) is 76.5 Å². The molecule has 7 nitrogen and oxygen atoms in total. The van der Waals surface area contributed by atoms with Gasteiger partial charge in [-0.2, -0.15) is 5.10 Å². The molecule has 0 spiro atoms. The fraction of sp³-hybridized carbons (Fsp3) is 0.429. The van der Waals surface area contributed by atoms with Gasteiger partial charge in [-0.3, -0.25) is 14.6 Å². The first-order valence-corrected chi connectivity index (χ1v) is 12.7. The molecular weight excluding hydrogens is 438 g/mol. The van der Waals surface area contributed by atoms with E-state index in [1.807, 2.05) is 71.4 Å². The number of hydrogen-bond acceptors (Lipinski definition) is 5. The third-order valence-corrected chi connectivity index (χ3v) is 6.86. The quantitative estimate of drug-likeness (QED) is 0.561. The number of likely N-dealkylation sites (tertiary alicyclic amines) is 1. The second-order valence-electron chi connectivity index (χ2n) is 9.82. The highest BCUT2D eigenvalue weighted by molar-refractivity contribution is 5.92. The molecule has 2 aliphatic heterocycles. The smallest absolute Gasteiger partial charge is 0.239 e. The first-order chi connectivity index (χ1) is 17.0. The second-order valence-corrected chi connectivity index (χ2v) is 9.82. The predicted octanol–water partition coefficient (Wildman–Crippen LogP) is 4.05. The van der Waals surface area contributed by atoms with Crippen molar-refractivity contribution in [2.75, 3.05) is 38.0 Å². The summed E-state index contributed by atoms with van der Waals surface area (Å²) in [7, 11) is 0. The molecule has 0 saturated carbocycles. The number of carbonyl (C=O) groups excluding carboxylic acids is 1. The van der Waals surface area contributed by atoms with Gasteiger partial charge in [0.25, 0.3) is 0 Å². The van der Waals surface area contributed by atoms with Crippen LogP contribution >= 0.6 is 0 Å². The van der Waals surface area contributed by atoms with Crippen molar-refractivity contribution in [3.63, 3.8) is 0 Å². The highest BCUT2D eigenvalue weighted by Gasteiger charge is 2.31. The maximum Gasteiger partial charge on any atom is 0.239 e. The van der Waals surface area contributed by atoms with E-state index in [4.69, 9.17) is 9.84 Å². The minimum atomic E-state index is -0.00249. The topological polar surface area (TPSA) is 62.6 Å². The third-order valence-electron chi connectivity index (χ3n) is 6.86. The SMILES string of the molecule is CC1CN(CC2CCCN2CC(=O)Nc2cc(-c3ccccc3)nn2-c2ccccc2)CC(C)O1.